The van der Waals surface area contributed by atoms with Crippen LogP contribution in [0.5, 0.6) is 5.75 Å². The Morgan fingerprint density at radius 2 is 1.79 bits per heavy atom. The molecule has 1 aromatic carbocycles. The lowest BCUT2D eigenvalue weighted by molar-refractivity contribution is 0.137. The molecule has 1 rings (SSSR count). The highest BCUT2D eigenvalue weighted by Crippen LogP contribution is 2.12. The van der Waals surface area contributed by atoms with Gasteiger partial charge in [0.25, 0.3) is 0 Å². The van der Waals surface area contributed by atoms with Gasteiger partial charge in [0.15, 0.2) is 0 Å². The highest BCUT2D eigenvalue weighted by molar-refractivity contribution is 5.26. The molecule has 3 nitrogen and oxygen atoms in total. The molecule has 0 aliphatic rings. The van der Waals surface area contributed by atoms with Crippen LogP contribution < -0.4 is 4.74 Å². The second kappa shape index (κ2) is 8.73. The quantitative estimate of drug-likeness (QED) is 0.639. The molecular weight excluding hydrogens is 238 g/mol. The van der Waals surface area contributed by atoms with Crippen molar-refractivity contribution < 1.29 is 9.47 Å². The molecule has 0 amide bonds. The van der Waals surface area contributed by atoms with Crippen LogP contribution >= 0.6 is 0 Å². The molecule has 0 aliphatic carbocycles. The monoisotopic (exact) mass is 263 g/mol. The third-order valence-electron chi connectivity index (χ3n) is 3.08. The molecule has 0 bridgehead atoms. The van der Waals surface area contributed by atoms with Gasteiger partial charge in [-0.3, -0.25) is 4.90 Å². The van der Waals surface area contributed by atoms with Crippen molar-refractivity contribution in [2.45, 2.75) is 20.5 Å². The zero-order valence-electron chi connectivity index (χ0n) is 12.3. The number of methoxy groups -OCH3 is 1. The molecule has 0 saturated carbocycles. The van der Waals surface area contributed by atoms with Crippen LogP contribution in [0.3, 0.4) is 0 Å². The molecule has 19 heavy (non-hydrogen) atoms. The fourth-order valence-electron chi connectivity index (χ4n) is 1.84. The van der Waals surface area contributed by atoms with Crippen LogP contribution in [0.2, 0.25) is 0 Å². The first-order chi connectivity index (χ1) is 9.19. The number of benzene rings is 1. The average molecular weight is 263 g/mol. The summed E-state index contributed by atoms with van der Waals surface area (Å²) in [7, 11) is 1.67. The molecule has 0 aliphatic heterocycles. The van der Waals surface area contributed by atoms with Gasteiger partial charge in [-0.2, -0.15) is 0 Å². The van der Waals surface area contributed by atoms with E-state index in [1.54, 1.807) is 7.11 Å². The zero-order valence-corrected chi connectivity index (χ0v) is 12.3. The van der Waals surface area contributed by atoms with Crippen molar-refractivity contribution in [3.8, 4) is 5.75 Å². The third kappa shape index (κ3) is 5.90. The maximum atomic E-state index is 5.68. The summed E-state index contributed by atoms with van der Waals surface area (Å²) in [5, 5.41) is 0. The lowest BCUT2D eigenvalue weighted by Crippen LogP contribution is -2.26. The van der Waals surface area contributed by atoms with Crippen molar-refractivity contribution in [1.29, 1.82) is 0 Å². The van der Waals surface area contributed by atoms with E-state index in [1.807, 2.05) is 24.3 Å². The summed E-state index contributed by atoms with van der Waals surface area (Å²) < 4.78 is 10.8. The van der Waals surface area contributed by atoms with E-state index < -0.39 is 0 Å². The molecule has 0 saturated heterocycles. The zero-order chi connectivity index (χ0) is 14.1. The number of nitrogens with zero attached hydrogens (tertiary/aromatic N) is 1. The maximum Gasteiger partial charge on any atom is 0.118 e. The standard InChI is InChI=1S/C16H25NO2/c1-5-17(6-2)11-14(3)12-19-13-15-7-9-16(18-4)10-8-15/h7-10H,3,5-6,11-13H2,1-2,4H3. The van der Waals surface area contributed by atoms with Gasteiger partial charge in [-0.05, 0) is 36.4 Å². The van der Waals surface area contributed by atoms with E-state index in [1.165, 1.54) is 0 Å². The molecule has 0 aromatic heterocycles. The molecule has 0 N–H and O–H groups in total. The van der Waals surface area contributed by atoms with Gasteiger partial charge in [0.1, 0.15) is 5.75 Å². The Morgan fingerprint density at radius 3 is 2.32 bits per heavy atom. The number of ether oxygens (including phenoxy) is 2. The van der Waals surface area contributed by atoms with E-state index >= 15 is 0 Å². The fraction of sp³-hybridized carbons (Fsp3) is 0.500. The predicted octanol–water partition coefficient (Wildman–Crippen LogP) is 3.11. The Hall–Kier alpha value is -1.32. The van der Waals surface area contributed by atoms with Crippen LogP contribution in [0.15, 0.2) is 36.4 Å². The first-order valence-electron chi connectivity index (χ1n) is 6.79. The van der Waals surface area contributed by atoms with E-state index in [0.29, 0.717) is 13.2 Å². The van der Waals surface area contributed by atoms with Crippen molar-refractivity contribution in [2.24, 2.45) is 0 Å². The molecule has 0 atom stereocenters. The average Bonchev–Trinajstić information content (AvgIpc) is 2.45. The number of likely N-dealkylation sites (N-methyl/N-ethyl adjacent to an activating group) is 1. The van der Waals surface area contributed by atoms with Crippen LogP contribution in [0.25, 0.3) is 0 Å². The second-order valence-electron chi connectivity index (χ2n) is 4.55. The maximum absolute atomic E-state index is 5.68. The van der Waals surface area contributed by atoms with Crippen molar-refractivity contribution in [3.05, 3.63) is 42.0 Å². The van der Waals surface area contributed by atoms with E-state index in [9.17, 15) is 0 Å². The summed E-state index contributed by atoms with van der Waals surface area (Å²) in [6.45, 7) is 12.6. The minimum Gasteiger partial charge on any atom is -0.497 e. The molecule has 0 fully saturated rings. The highest BCUT2D eigenvalue weighted by atomic mass is 16.5. The number of rotatable bonds is 9. The van der Waals surface area contributed by atoms with E-state index in [4.69, 9.17) is 9.47 Å². The van der Waals surface area contributed by atoms with Gasteiger partial charge in [0.05, 0.1) is 20.3 Å². The van der Waals surface area contributed by atoms with Gasteiger partial charge in [-0.15, -0.1) is 0 Å². The number of hydrogen-bond acceptors (Lipinski definition) is 3. The minimum atomic E-state index is 0.612. The molecule has 106 valence electrons. The van der Waals surface area contributed by atoms with Crippen LogP contribution in [-0.2, 0) is 11.3 Å². The Kier molecular flexibility index (Phi) is 7.23. The molecule has 0 radical (unpaired) electrons. The molecule has 1 aromatic rings. The van der Waals surface area contributed by atoms with Gasteiger partial charge in [0.2, 0.25) is 0 Å². The van der Waals surface area contributed by atoms with Gasteiger partial charge in [-0.1, -0.05) is 32.6 Å². The summed E-state index contributed by atoms with van der Waals surface area (Å²) in [6.07, 6.45) is 0. The van der Waals surface area contributed by atoms with Crippen LogP contribution in [0.1, 0.15) is 19.4 Å². The normalized spacial score (nSPS) is 10.7. The Labute approximate surface area is 116 Å². The Balaban J connectivity index is 2.27. The van der Waals surface area contributed by atoms with Crippen molar-refractivity contribution >= 4 is 0 Å². The summed E-state index contributed by atoms with van der Waals surface area (Å²) in [5.74, 6) is 0.870. The minimum absolute atomic E-state index is 0.612. The summed E-state index contributed by atoms with van der Waals surface area (Å²) in [6, 6.07) is 7.94. The topological polar surface area (TPSA) is 21.7 Å². The van der Waals surface area contributed by atoms with Crippen LogP contribution in [0, 0.1) is 0 Å². The Morgan fingerprint density at radius 1 is 1.16 bits per heavy atom. The second-order valence-corrected chi connectivity index (χ2v) is 4.55. The van der Waals surface area contributed by atoms with Crippen molar-refractivity contribution in [2.75, 3.05) is 33.4 Å². The van der Waals surface area contributed by atoms with Crippen molar-refractivity contribution in [3.63, 3.8) is 0 Å². The number of hydrogen-bond donors (Lipinski definition) is 0. The van der Waals surface area contributed by atoms with Gasteiger partial charge in [0, 0.05) is 6.54 Å². The van der Waals surface area contributed by atoms with Crippen LogP contribution in [-0.4, -0.2) is 38.3 Å². The molecular formula is C16H25NO2. The van der Waals surface area contributed by atoms with Crippen molar-refractivity contribution in [1.82, 2.24) is 4.90 Å². The molecule has 3 heteroatoms. The largest absolute Gasteiger partial charge is 0.497 e. The van der Waals surface area contributed by atoms with E-state index in [0.717, 1.165) is 36.5 Å². The van der Waals surface area contributed by atoms with Gasteiger partial charge in [-0.25, -0.2) is 0 Å². The van der Waals surface area contributed by atoms with E-state index in [2.05, 4.69) is 25.3 Å². The first kappa shape index (κ1) is 15.7. The lowest BCUT2D eigenvalue weighted by Gasteiger charge is -2.19. The fourth-order valence-corrected chi connectivity index (χ4v) is 1.84. The van der Waals surface area contributed by atoms with E-state index in [-0.39, 0.29) is 0 Å². The predicted molar refractivity (Wildman–Crippen MR) is 79.6 cm³/mol. The first-order valence-corrected chi connectivity index (χ1v) is 6.79. The molecule has 0 spiro atoms. The molecule has 0 heterocycles. The molecule has 0 unspecified atom stereocenters. The highest BCUT2D eigenvalue weighted by Gasteiger charge is 2.02. The van der Waals surface area contributed by atoms with Gasteiger partial charge < -0.3 is 9.47 Å². The third-order valence-corrected chi connectivity index (χ3v) is 3.08. The summed E-state index contributed by atoms with van der Waals surface area (Å²) in [4.78, 5) is 2.33. The summed E-state index contributed by atoms with van der Waals surface area (Å²) in [5.41, 5.74) is 2.27. The lowest BCUT2D eigenvalue weighted by atomic mass is 10.2. The van der Waals surface area contributed by atoms with Crippen LogP contribution in [0.4, 0.5) is 0 Å². The van der Waals surface area contributed by atoms with Gasteiger partial charge >= 0.3 is 0 Å². The SMILES string of the molecule is C=C(COCc1ccc(OC)cc1)CN(CC)CC. The Bertz CT molecular complexity index is 369. The smallest absolute Gasteiger partial charge is 0.118 e. The summed E-state index contributed by atoms with van der Waals surface area (Å²) >= 11 is 0.